The SMILES string of the molecule is Cc1ccc2c(c1)c(-c1cccc3c(-c4cc5c6ccc(C)c7c6c(cc5c5ccc(C)cc45)-c4ncccc4-7)cccc13)cc1c3ccc(C)c4c3c(cc21)-c1ncccc1-4. The second-order valence-corrected chi connectivity index (χ2v) is 17.9. The molecule has 0 fully saturated rings. The molecule has 0 saturated carbocycles. The molecule has 0 spiro atoms. The van der Waals surface area contributed by atoms with E-state index in [2.05, 4.69) is 173 Å². The monoisotopic (exact) mass is 786 g/mol. The summed E-state index contributed by atoms with van der Waals surface area (Å²) in [5.74, 6) is 0. The zero-order chi connectivity index (χ0) is 41.1. The Morgan fingerprint density at radius 2 is 0.677 bits per heavy atom. The van der Waals surface area contributed by atoms with Crippen LogP contribution in [0.3, 0.4) is 0 Å². The standard InChI is InChI=1S/C60H38N2/c1-31-15-19-39-45(25-31)47(27-51-41-21-17-33(3)55-43-13-7-23-61-59(43)53(57(41)55)29-49(39)51)37-11-5-10-36-35(37)9-6-12-38(36)48-28-52-42-22-18-34(4)56-44-14-8-24-62-60(44)54(58(42)56)30-50(52)40-20-16-32(2)26-46(40)48/h5-30H,1-4H3. The van der Waals surface area contributed by atoms with Crippen molar-refractivity contribution < 1.29 is 0 Å². The van der Waals surface area contributed by atoms with Gasteiger partial charge >= 0.3 is 0 Å². The van der Waals surface area contributed by atoms with Crippen LogP contribution < -0.4 is 0 Å². The third kappa shape index (κ3) is 4.33. The van der Waals surface area contributed by atoms with Crippen LogP contribution in [0.25, 0.3) is 142 Å². The van der Waals surface area contributed by atoms with E-state index in [1.165, 1.54) is 153 Å². The Balaban J connectivity index is 1.06. The molecule has 2 aliphatic rings. The molecular weight excluding hydrogens is 749 g/mol. The zero-order valence-corrected chi connectivity index (χ0v) is 34.9. The summed E-state index contributed by atoms with van der Waals surface area (Å²) < 4.78 is 0. The van der Waals surface area contributed by atoms with E-state index in [4.69, 9.17) is 9.97 Å². The summed E-state index contributed by atoms with van der Waals surface area (Å²) in [4.78, 5) is 9.90. The largest absolute Gasteiger partial charge is 0.256 e. The summed E-state index contributed by atoms with van der Waals surface area (Å²) in [5, 5.41) is 17.9. The molecule has 2 aliphatic carbocycles. The van der Waals surface area contributed by atoms with Gasteiger partial charge in [-0.3, -0.25) is 9.97 Å². The van der Waals surface area contributed by atoms with Gasteiger partial charge in [0.1, 0.15) is 0 Å². The van der Waals surface area contributed by atoms with Crippen molar-refractivity contribution in [1.82, 2.24) is 9.97 Å². The fourth-order valence-electron chi connectivity index (χ4n) is 11.7. The lowest BCUT2D eigenvalue weighted by atomic mass is 9.85. The topological polar surface area (TPSA) is 25.8 Å². The van der Waals surface area contributed by atoms with Crippen LogP contribution in [0.4, 0.5) is 0 Å². The summed E-state index contributed by atoms with van der Waals surface area (Å²) in [6.45, 7) is 8.89. The highest BCUT2D eigenvalue weighted by Gasteiger charge is 2.28. The van der Waals surface area contributed by atoms with E-state index in [0.29, 0.717) is 0 Å². The van der Waals surface area contributed by atoms with Crippen LogP contribution in [0.1, 0.15) is 22.3 Å². The van der Waals surface area contributed by atoms with Crippen LogP contribution in [-0.4, -0.2) is 9.97 Å². The summed E-state index contributed by atoms with van der Waals surface area (Å²) in [5.41, 5.74) is 19.9. The van der Waals surface area contributed by atoms with E-state index in [9.17, 15) is 0 Å². The summed E-state index contributed by atoms with van der Waals surface area (Å²) in [6, 6.07) is 55.6. The highest BCUT2D eigenvalue weighted by Crippen LogP contribution is 2.54. The summed E-state index contributed by atoms with van der Waals surface area (Å²) in [6.07, 6.45) is 3.86. The van der Waals surface area contributed by atoms with E-state index in [1.54, 1.807) is 0 Å². The van der Waals surface area contributed by atoms with Gasteiger partial charge in [-0.15, -0.1) is 0 Å². The van der Waals surface area contributed by atoms with Gasteiger partial charge in [0.25, 0.3) is 0 Å². The molecule has 0 N–H and O–H groups in total. The minimum Gasteiger partial charge on any atom is -0.256 e. The quantitative estimate of drug-likeness (QED) is 0.163. The lowest BCUT2D eigenvalue weighted by molar-refractivity contribution is 1.34. The lowest BCUT2D eigenvalue weighted by Crippen LogP contribution is -1.92. The number of fused-ring (bicyclic) bond motifs is 15. The van der Waals surface area contributed by atoms with Gasteiger partial charge in [-0.2, -0.15) is 0 Å². The predicted octanol–water partition coefficient (Wildman–Crippen LogP) is 16.4. The highest BCUT2D eigenvalue weighted by atomic mass is 14.7. The van der Waals surface area contributed by atoms with Gasteiger partial charge in [0, 0.05) is 34.6 Å². The molecule has 2 nitrogen and oxygen atoms in total. The molecule has 0 bridgehead atoms. The Morgan fingerprint density at radius 1 is 0.274 bits per heavy atom. The molecule has 0 amide bonds. The van der Waals surface area contributed by atoms with Crippen molar-refractivity contribution in [2.45, 2.75) is 27.7 Å². The van der Waals surface area contributed by atoms with Crippen LogP contribution in [0.5, 0.6) is 0 Å². The number of aromatic nitrogens is 2. The Kier molecular flexibility index (Phi) is 6.59. The number of aryl methyl sites for hydroxylation is 4. The fourth-order valence-corrected chi connectivity index (χ4v) is 11.7. The Bertz CT molecular complexity index is 3810. The molecule has 2 heteroatoms. The van der Waals surface area contributed by atoms with E-state index in [-0.39, 0.29) is 0 Å². The number of hydrogen-bond donors (Lipinski definition) is 0. The molecule has 10 aromatic carbocycles. The van der Waals surface area contributed by atoms with E-state index in [1.807, 2.05) is 12.4 Å². The second kappa shape index (κ2) is 12.0. The third-order valence-corrected chi connectivity index (χ3v) is 14.4. The van der Waals surface area contributed by atoms with Gasteiger partial charge in [0.05, 0.1) is 11.4 Å². The maximum Gasteiger partial charge on any atom is 0.0787 e. The Labute approximate surface area is 358 Å². The average molecular weight is 787 g/mol. The summed E-state index contributed by atoms with van der Waals surface area (Å²) >= 11 is 0. The number of benzene rings is 10. The Hall–Kier alpha value is -7.68. The van der Waals surface area contributed by atoms with E-state index in [0.717, 1.165) is 11.4 Å². The Morgan fingerprint density at radius 3 is 1.15 bits per heavy atom. The fraction of sp³-hybridized carbons (Fsp3) is 0.0667. The van der Waals surface area contributed by atoms with Crippen molar-refractivity contribution in [3.8, 4) is 67.0 Å². The van der Waals surface area contributed by atoms with Crippen LogP contribution >= 0.6 is 0 Å². The van der Waals surface area contributed by atoms with Crippen LogP contribution in [-0.2, 0) is 0 Å². The van der Waals surface area contributed by atoms with Gasteiger partial charge in [-0.05, 0) is 184 Å². The van der Waals surface area contributed by atoms with Gasteiger partial charge in [-0.25, -0.2) is 0 Å². The van der Waals surface area contributed by atoms with Crippen molar-refractivity contribution in [3.63, 3.8) is 0 Å². The smallest absolute Gasteiger partial charge is 0.0787 e. The maximum absolute atomic E-state index is 4.95. The molecule has 0 atom stereocenters. The van der Waals surface area contributed by atoms with Crippen molar-refractivity contribution in [1.29, 1.82) is 0 Å². The summed E-state index contributed by atoms with van der Waals surface area (Å²) in [7, 11) is 0. The van der Waals surface area contributed by atoms with E-state index >= 15 is 0 Å². The molecule has 62 heavy (non-hydrogen) atoms. The first-order chi connectivity index (χ1) is 30.4. The van der Waals surface area contributed by atoms with Crippen molar-refractivity contribution in [2.75, 3.05) is 0 Å². The number of rotatable bonds is 2. The molecule has 14 rings (SSSR count). The molecular formula is C60H38N2. The minimum absolute atomic E-state index is 1.09. The van der Waals surface area contributed by atoms with Crippen LogP contribution in [0.15, 0.2) is 158 Å². The molecule has 288 valence electrons. The zero-order valence-electron chi connectivity index (χ0n) is 34.9. The minimum atomic E-state index is 1.09. The number of hydrogen-bond acceptors (Lipinski definition) is 2. The highest BCUT2D eigenvalue weighted by molar-refractivity contribution is 6.31. The first-order valence-electron chi connectivity index (χ1n) is 21.7. The lowest BCUT2D eigenvalue weighted by Gasteiger charge is -2.19. The second-order valence-electron chi connectivity index (χ2n) is 17.9. The first kappa shape index (κ1) is 34.1. The van der Waals surface area contributed by atoms with E-state index < -0.39 is 0 Å². The number of nitrogens with zero attached hydrogens (tertiary/aromatic N) is 2. The molecule has 0 saturated heterocycles. The van der Waals surface area contributed by atoms with Crippen LogP contribution in [0.2, 0.25) is 0 Å². The molecule has 0 radical (unpaired) electrons. The van der Waals surface area contributed by atoms with Crippen molar-refractivity contribution >= 4 is 75.4 Å². The molecule has 2 heterocycles. The first-order valence-corrected chi connectivity index (χ1v) is 21.7. The predicted molar refractivity (Wildman–Crippen MR) is 263 cm³/mol. The molecule has 0 aliphatic heterocycles. The van der Waals surface area contributed by atoms with Gasteiger partial charge in [0.2, 0.25) is 0 Å². The maximum atomic E-state index is 4.95. The third-order valence-electron chi connectivity index (χ3n) is 14.4. The van der Waals surface area contributed by atoms with Gasteiger partial charge in [0.15, 0.2) is 0 Å². The van der Waals surface area contributed by atoms with Crippen molar-refractivity contribution in [3.05, 3.63) is 180 Å². The van der Waals surface area contributed by atoms with Crippen LogP contribution in [0, 0.1) is 27.7 Å². The molecule has 12 aromatic rings. The molecule has 0 unspecified atom stereocenters. The molecule has 2 aromatic heterocycles. The average Bonchev–Trinajstić information content (AvgIpc) is 3.82. The number of pyridine rings is 2. The van der Waals surface area contributed by atoms with Gasteiger partial charge in [-0.1, -0.05) is 120 Å². The van der Waals surface area contributed by atoms with Gasteiger partial charge < -0.3 is 0 Å². The van der Waals surface area contributed by atoms with Crippen molar-refractivity contribution in [2.24, 2.45) is 0 Å². The normalized spacial score (nSPS) is 12.5.